The first kappa shape index (κ1) is 18.2. The first-order valence-corrected chi connectivity index (χ1v) is 7.64. The van der Waals surface area contributed by atoms with Crippen molar-refractivity contribution in [3.05, 3.63) is 53.1 Å². The van der Waals surface area contributed by atoms with E-state index in [0.717, 1.165) is 28.0 Å². The van der Waals surface area contributed by atoms with Crippen LogP contribution in [0.25, 0.3) is 5.57 Å². The number of nitrogens with zero attached hydrogens (tertiary/aromatic N) is 1. The lowest BCUT2D eigenvalue weighted by molar-refractivity contribution is 0.324. The van der Waals surface area contributed by atoms with Crippen LogP contribution in [0.1, 0.15) is 16.7 Å². The van der Waals surface area contributed by atoms with Crippen LogP contribution in [0.5, 0.6) is 23.0 Å². The van der Waals surface area contributed by atoms with Crippen LogP contribution in [0, 0.1) is 18.3 Å². The number of allylic oxidation sites excluding steroid dienone is 1. The Morgan fingerprint density at radius 3 is 1.88 bits per heavy atom. The lowest BCUT2D eigenvalue weighted by Crippen LogP contribution is -1.98. The number of aryl methyl sites for hydroxylation is 1. The van der Waals surface area contributed by atoms with Crippen LogP contribution in [-0.4, -0.2) is 28.4 Å². The Morgan fingerprint density at radius 2 is 1.40 bits per heavy atom. The van der Waals surface area contributed by atoms with E-state index in [1.807, 2.05) is 37.3 Å². The molecule has 25 heavy (non-hydrogen) atoms. The van der Waals surface area contributed by atoms with Gasteiger partial charge in [0, 0.05) is 6.08 Å². The van der Waals surface area contributed by atoms with Gasteiger partial charge in [0.2, 0.25) is 5.75 Å². The minimum absolute atomic E-state index is 0.506. The summed E-state index contributed by atoms with van der Waals surface area (Å²) in [5.41, 5.74) is 3.40. The maximum atomic E-state index is 9.25. The van der Waals surface area contributed by atoms with Crippen LogP contribution in [0.4, 0.5) is 0 Å². The second-order valence-corrected chi connectivity index (χ2v) is 5.29. The number of hydrogen-bond donors (Lipinski definition) is 0. The summed E-state index contributed by atoms with van der Waals surface area (Å²) in [6.45, 7) is 1.97. The summed E-state index contributed by atoms with van der Waals surface area (Å²) >= 11 is 0. The van der Waals surface area contributed by atoms with E-state index in [1.54, 1.807) is 28.4 Å². The zero-order valence-corrected chi connectivity index (χ0v) is 15.0. The Bertz CT molecular complexity index is 809. The molecule has 0 aromatic heterocycles. The fourth-order valence-corrected chi connectivity index (χ4v) is 2.62. The van der Waals surface area contributed by atoms with Gasteiger partial charge in [-0.1, -0.05) is 12.1 Å². The lowest BCUT2D eigenvalue weighted by atomic mass is 9.95. The van der Waals surface area contributed by atoms with Gasteiger partial charge in [-0.05, 0) is 47.4 Å². The van der Waals surface area contributed by atoms with E-state index in [2.05, 4.69) is 6.07 Å². The van der Waals surface area contributed by atoms with Crippen molar-refractivity contribution in [3.63, 3.8) is 0 Å². The molecule has 0 aliphatic heterocycles. The van der Waals surface area contributed by atoms with Gasteiger partial charge in [0.25, 0.3) is 0 Å². The third-order valence-electron chi connectivity index (χ3n) is 3.90. The van der Waals surface area contributed by atoms with Gasteiger partial charge in [-0.25, -0.2) is 0 Å². The topological polar surface area (TPSA) is 60.7 Å². The van der Waals surface area contributed by atoms with Gasteiger partial charge < -0.3 is 18.9 Å². The van der Waals surface area contributed by atoms with Gasteiger partial charge in [-0.2, -0.15) is 5.26 Å². The lowest BCUT2D eigenvalue weighted by Gasteiger charge is -2.16. The normalized spacial score (nSPS) is 10.8. The summed E-state index contributed by atoms with van der Waals surface area (Å²) in [6.07, 6.45) is 1.49. The van der Waals surface area contributed by atoms with Gasteiger partial charge in [-0.3, -0.25) is 0 Å². The fraction of sp³-hybridized carbons (Fsp3) is 0.250. The Balaban J connectivity index is 2.67. The summed E-state index contributed by atoms with van der Waals surface area (Å²) in [5.74, 6) is 2.32. The molecule has 0 saturated carbocycles. The van der Waals surface area contributed by atoms with Gasteiger partial charge in [0.15, 0.2) is 11.5 Å². The number of hydrogen-bond acceptors (Lipinski definition) is 5. The predicted molar refractivity (Wildman–Crippen MR) is 96.5 cm³/mol. The SMILES string of the molecule is COc1cc(/C(=C\C#N)c2cc(OC)c(OC)c(OC)c2)ccc1C. The molecule has 0 aliphatic carbocycles. The molecule has 0 saturated heterocycles. The first-order valence-electron chi connectivity index (χ1n) is 7.64. The van der Waals surface area contributed by atoms with Gasteiger partial charge in [0.05, 0.1) is 34.5 Å². The molecule has 2 aromatic carbocycles. The van der Waals surface area contributed by atoms with E-state index in [4.69, 9.17) is 18.9 Å². The fourth-order valence-electron chi connectivity index (χ4n) is 2.62. The monoisotopic (exact) mass is 339 g/mol. The van der Waals surface area contributed by atoms with Crippen molar-refractivity contribution in [1.82, 2.24) is 0 Å². The van der Waals surface area contributed by atoms with Gasteiger partial charge >= 0.3 is 0 Å². The highest BCUT2D eigenvalue weighted by Crippen LogP contribution is 2.41. The zero-order chi connectivity index (χ0) is 18.4. The van der Waals surface area contributed by atoms with Crippen molar-refractivity contribution in [2.24, 2.45) is 0 Å². The molecule has 2 rings (SSSR count). The number of rotatable bonds is 6. The molecule has 0 amide bonds. The highest BCUT2D eigenvalue weighted by molar-refractivity contribution is 5.84. The maximum Gasteiger partial charge on any atom is 0.203 e. The van der Waals surface area contributed by atoms with E-state index in [1.165, 1.54) is 6.08 Å². The number of benzene rings is 2. The summed E-state index contributed by atoms with van der Waals surface area (Å²) in [6, 6.07) is 11.5. The molecule has 5 nitrogen and oxygen atoms in total. The smallest absolute Gasteiger partial charge is 0.203 e. The molecule has 5 heteroatoms. The van der Waals surface area contributed by atoms with E-state index >= 15 is 0 Å². The Labute approximate surface area is 148 Å². The minimum Gasteiger partial charge on any atom is -0.496 e. The van der Waals surface area contributed by atoms with Crippen molar-refractivity contribution in [1.29, 1.82) is 5.26 Å². The van der Waals surface area contributed by atoms with E-state index in [0.29, 0.717) is 17.2 Å². The Morgan fingerprint density at radius 1 is 0.840 bits per heavy atom. The molecular formula is C20H21NO4. The molecule has 0 bridgehead atoms. The van der Waals surface area contributed by atoms with E-state index < -0.39 is 0 Å². The molecular weight excluding hydrogens is 318 g/mol. The second kappa shape index (κ2) is 8.11. The molecule has 0 fully saturated rings. The third-order valence-corrected chi connectivity index (χ3v) is 3.90. The van der Waals surface area contributed by atoms with Crippen LogP contribution < -0.4 is 18.9 Å². The number of ether oxygens (including phenoxy) is 4. The highest BCUT2D eigenvalue weighted by Gasteiger charge is 2.16. The third kappa shape index (κ3) is 3.69. The molecule has 130 valence electrons. The highest BCUT2D eigenvalue weighted by atomic mass is 16.5. The van der Waals surface area contributed by atoms with Crippen molar-refractivity contribution in [2.45, 2.75) is 6.92 Å². The number of nitriles is 1. The van der Waals surface area contributed by atoms with Gasteiger partial charge in [0.1, 0.15) is 5.75 Å². The molecule has 0 aliphatic rings. The standard InChI is InChI=1S/C20H21NO4/c1-13-6-7-14(10-17(13)22-2)16(8-9-21)15-11-18(23-3)20(25-5)19(12-15)24-4/h6-8,10-12H,1-5H3/b16-8+. The Hall–Kier alpha value is -3.13. The molecule has 0 N–H and O–H groups in total. The van der Waals surface area contributed by atoms with Crippen LogP contribution in [-0.2, 0) is 0 Å². The molecule has 2 aromatic rings. The minimum atomic E-state index is 0.506. The largest absolute Gasteiger partial charge is 0.496 e. The molecule has 0 unspecified atom stereocenters. The summed E-state index contributed by atoms with van der Waals surface area (Å²) < 4.78 is 21.6. The average Bonchev–Trinajstić information content (AvgIpc) is 2.65. The van der Waals surface area contributed by atoms with Crippen LogP contribution in [0.3, 0.4) is 0 Å². The summed E-state index contributed by atoms with van der Waals surface area (Å²) in [5, 5.41) is 9.25. The van der Waals surface area contributed by atoms with E-state index in [9.17, 15) is 5.26 Å². The van der Waals surface area contributed by atoms with Crippen molar-refractivity contribution >= 4 is 5.57 Å². The average molecular weight is 339 g/mol. The quantitative estimate of drug-likeness (QED) is 0.745. The van der Waals surface area contributed by atoms with Crippen LogP contribution in [0.15, 0.2) is 36.4 Å². The summed E-state index contributed by atoms with van der Waals surface area (Å²) in [4.78, 5) is 0. The zero-order valence-electron chi connectivity index (χ0n) is 15.0. The van der Waals surface area contributed by atoms with Crippen molar-refractivity contribution in [3.8, 4) is 29.1 Å². The van der Waals surface area contributed by atoms with Crippen molar-refractivity contribution < 1.29 is 18.9 Å². The second-order valence-electron chi connectivity index (χ2n) is 5.29. The molecule has 0 spiro atoms. The van der Waals surface area contributed by atoms with Gasteiger partial charge in [-0.15, -0.1) is 0 Å². The van der Waals surface area contributed by atoms with E-state index in [-0.39, 0.29) is 0 Å². The molecule has 0 radical (unpaired) electrons. The summed E-state index contributed by atoms with van der Waals surface area (Å²) in [7, 11) is 6.30. The number of methoxy groups -OCH3 is 4. The first-order chi connectivity index (χ1) is 12.1. The molecule has 0 atom stereocenters. The van der Waals surface area contributed by atoms with Crippen molar-refractivity contribution in [2.75, 3.05) is 28.4 Å². The van der Waals surface area contributed by atoms with Crippen LogP contribution >= 0.6 is 0 Å². The van der Waals surface area contributed by atoms with Crippen LogP contribution in [0.2, 0.25) is 0 Å². The Kier molecular flexibility index (Phi) is 5.91. The maximum absolute atomic E-state index is 9.25. The predicted octanol–water partition coefficient (Wildman–Crippen LogP) is 3.98. The molecule has 0 heterocycles.